The summed E-state index contributed by atoms with van der Waals surface area (Å²) in [4.78, 5) is 14.8. The summed E-state index contributed by atoms with van der Waals surface area (Å²) in [5, 5.41) is 8.87. The number of nitrogens with zero attached hydrogens (tertiary/aromatic N) is 2. The molecular weight excluding hydrogens is 204 g/mol. The van der Waals surface area contributed by atoms with Crippen molar-refractivity contribution in [3.05, 3.63) is 35.9 Å². The minimum absolute atomic E-state index is 0.0428. The molecule has 2 heterocycles. The maximum atomic E-state index is 10.8. The van der Waals surface area contributed by atoms with Crippen molar-refractivity contribution in [3.8, 4) is 0 Å². The molecule has 0 unspecified atom stereocenters. The highest BCUT2D eigenvalue weighted by Crippen LogP contribution is 2.14. The van der Waals surface area contributed by atoms with E-state index in [1.54, 1.807) is 28.8 Å². The van der Waals surface area contributed by atoms with Crippen LogP contribution in [0.3, 0.4) is 0 Å². The Labute approximate surface area is 84.8 Å². The molecule has 2 aromatic heterocycles. The third-order valence-corrected chi connectivity index (χ3v) is 2.18. The lowest BCUT2D eigenvalue weighted by atomic mass is 10.3. The highest BCUT2D eigenvalue weighted by atomic mass is 35.5. The number of hydrogen-bond donors (Lipinski definition) is 1. The molecule has 72 valence electrons. The maximum absolute atomic E-state index is 10.8. The molecule has 0 aromatic carbocycles. The Morgan fingerprint density at radius 3 is 3.00 bits per heavy atom. The molecule has 0 bridgehead atoms. The SMILES string of the molecule is O=C(O)c1nc(CCl)n2ccccc12. The summed E-state index contributed by atoms with van der Waals surface area (Å²) < 4.78 is 1.68. The van der Waals surface area contributed by atoms with Crippen LogP contribution in [0.2, 0.25) is 0 Å². The molecule has 0 saturated heterocycles. The van der Waals surface area contributed by atoms with Crippen molar-refractivity contribution in [2.75, 3.05) is 0 Å². The molecule has 0 amide bonds. The van der Waals surface area contributed by atoms with Crippen LogP contribution in [0.5, 0.6) is 0 Å². The van der Waals surface area contributed by atoms with Crippen LogP contribution in [0, 0.1) is 0 Å². The minimum atomic E-state index is -1.04. The molecule has 5 heteroatoms. The van der Waals surface area contributed by atoms with E-state index in [4.69, 9.17) is 16.7 Å². The number of alkyl halides is 1. The molecule has 0 aliphatic heterocycles. The molecule has 14 heavy (non-hydrogen) atoms. The van der Waals surface area contributed by atoms with Crippen molar-refractivity contribution in [3.63, 3.8) is 0 Å². The molecular formula is C9H7ClN2O2. The van der Waals surface area contributed by atoms with Gasteiger partial charge in [-0.15, -0.1) is 11.6 Å². The fraction of sp³-hybridized carbons (Fsp3) is 0.111. The topological polar surface area (TPSA) is 54.6 Å². The van der Waals surface area contributed by atoms with E-state index < -0.39 is 5.97 Å². The van der Waals surface area contributed by atoms with Gasteiger partial charge in [0.25, 0.3) is 0 Å². The third-order valence-electron chi connectivity index (χ3n) is 1.94. The van der Waals surface area contributed by atoms with Crippen molar-refractivity contribution < 1.29 is 9.90 Å². The van der Waals surface area contributed by atoms with Crippen LogP contribution in [0.25, 0.3) is 5.52 Å². The lowest BCUT2D eigenvalue weighted by molar-refractivity contribution is 0.0693. The van der Waals surface area contributed by atoms with Crippen LogP contribution in [-0.2, 0) is 5.88 Å². The van der Waals surface area contributed by atoms with Gasteiger partial charge < -0.3 is 9.51 Å². The molecule has 0 aliphatic rings. The van der Waals surface area contributed by atoms with Crippen molar-refractivity contribution in [1.29, 1.82) is 0 Å². The molecule has 2 rings (SSSR count). The van der Waals surface area contributed by atoms with Crippen LogP contribution in [-0.4, -0.2) is 20.5 Å². The number of fused-ring (bicyclic) bond motifs is 1. The molecule has 2 aromatic rings. The van der Waals surface area contributed by atoms with Gasteiger partial charge in [0.15, 0.2) is 5.69 Å². The van der Waals surface area contributed by atoms with E-state index in [1.807, 2.05) is 0 Å². The summed E-state index contributed by atoms with van der Waals surface area (Å²) in [5.41, 5.74) is 0.608. The molecule has 0 spiro atoms. The van der Waals surface area contributed by atoms with E-state index >= 15 is 0 Å². The normalized spacial score (nSPS) is 10.6. The van der Waals surface area contributed by atoms with Gasteiger partial charge in [0.05, 0.1) is 11.4 Å². The van der Waals surface area contributed by atoms with Gasteiger partial charge in [-0.2, -0.15) is 0 Å². The van der Waals surface area contributed by atoms with E-state index in [2.05, 4.69) is 4.98 Å². The molecule has 1 N–H and O–H groups in total. The van der Waals surface area contributed by atoms with E-state index in [1.165, 1.54) is 0 Å². The Balaban J connectivity index is 2.80. The zero-order valence-electron chi connectivity index (χ0n) is 7.14. The first-order valence-electron chi connectivity index (χ1n) is 3.99. The third kappa shape index (κ3) is 1.24. The van der Waals surface area contributed by atoms with Crippen LogP contribution < -0.4 is 0 Å². The number of aromatic nitrogens is 2. The second kappa shape index (κ2) is 3.31. The lowest BCUT2D eigenvalue weighted by Crippen LogP contribution is -1.97. The predicted molar refractivity (Wildman–Crippen MR) is 51.7 cm³/mol. The van der Waals surface area contributed by atoms with Gasteiger partial charge in [0.1, 0.15) is 5.82 Å². The predicted octanol–water partition coefficient (Wildman–Crippen LogP) is 1.77. The average Bonchev–Trinajstić information content (AvgIpc) is 2.56. The van der Waals surface area contributed by atoms with Crippen molar-refractivity contribution in [1.82, 2.24) is 9.38 Å². The summed E-state index contributed by atoms with van der Waals surface area (Å²) >= 11 is 5.65. The van der Waals surface area contributed by atoms with Crippen LogP contribution in [0.15, 0.2) is 24.4 Å². The number of halogens is 1. The molecule has 0 radical (unpaired) electrons. The number of imidazole rings is 1. The van der Waals surface area contributed by atoms with Gasteiger partial charge in [-0.05, 0) is 12.1 Å². The van der Waals surface area contributed by atoms with Gasteiger partial charge in [0.2, 0.25) is 0 Å². The molecule has 0 saturated carbocycles. The smallest absolute Gasteiger partial charge is 0.356 e. The lowest BCUT2D eigenvalue weighted by Gasteiger charge is -1.94. The Morgan fingerprint density at radius 1 is 1.57 bits per heavy atom. The fourth-order valence-electron chi connectivity index (χ4n) is 1.35. The number of pyridine rings is 1. The first kappa shape index (κ1) is 9.02. The Hall–Kier alpha value is -1.55. The number of rotatable bonds is 2. The summed E-state index contributed by atoms with van der Waals surface area (Å²) in [6.45, 7) is 0. The van der Waals surface area contributed by atoms with E-state index in [0.717, 1.165) is 0 Å². The first-order chi connectivity index (χ1) is 6.74. The Kier molecular flexibility index (Phi) is 2.13. The van der Waals surface area contributed by atoms with Crippen molar-refractivity contribution in [2.45, 2.75) is 5.88 Å². The van der Waals surface area contributed by atoms with Crippen LogP contribution >= 0.6 is 11.6 Å². The fourth-order valence-corrected chi connectivity index (χ4v) is 1.54. The zero-order chi connectivity index (χ0) is 10.1. The van der Waals surface area contributed by atoms with Crippen LogP contribution in [0.4, 0.5) is 0 Å². The maximum Gasteiger partial charge on any atom is 0.356 e. The quantitative estimate of drug-likeness (QED) is 0.769. The number of hydrogen-bond acceptors (Lipinski definition) is 2. The number of carboxylic acid groups (broad SMARTS) is 1. The molecule has 4 nitrogen and oxygen atoms in total. The monoisotopic (exact) mass is 210 g/mol. The van der Waals surface area contributed by atoms with Crippen molar-refractivity contribution in [2.24, 2.45) is 0 Å². The van der Waals surface area contributed by atoms with Crippen LogP contribution in [0.1, 0.15) is 16.3 Å². The van der Waals surface area contributed by atoms with E-state index in [0.29, 0.717) is 11.3 Å². The van der Waals surface area contributed by atoms with Gasteiger partial charge in [0, 0.05) is 6.20 Å². The largest absolute Gasteiger partial charge is 0.476 e. The van der Waals surface area contributed by atoms with E-state index in [9.17, 15) is 4.79 Å². The second-order valence-corrected chi connectivity index (χ2v) is 3.04. The standard InChI is InChI=1S/C9H7ClN2O2/c10-5-7-11-8(9(13)14)6-3-1-2-4-12(6)7/h1-4H,5H2,(H,13,14). The minimum Gasteiger partial charge on any atom is -0.476 e. The van der Waals surface area contributed by atoms with E-state index in [-0.39, 0.29) is 11.6 Å². The molecule has 0 atom stereocenters. The number of carboxylic acids is 1. The first-order valence-corrected chi connectivity index (χ1v) is 4.52. The highest BCUT2D eigenvalue weighted by Gasteiger charge is 2.14. The average molecular weight is 211 g/mol. The molecule has 0 aliphatic carbocycles. The van der Waals surface area contributed by atoms with Gasteiger partial charge in [-0.3, -0.25) is 0 Å². The zero-order valence-corrected chi connectivity index (χ0v) is 7.90. The summed E-state index contributed by atoms with van der Waals surface area (Å²) in [7, 11) is 0. The van der Waals surface area contributed by atoms with Gasteiger partial charge in [-0.1, -0.05) is 6.07 Å². The Morgan fingerprint density at radius 2 is 2.36 bits per heavy atom. The Bertz CT molecular complexity index is 493. The highest BCUT2D eigenvalue weighted by molar-refractivity contribution is 6.16. The summed E-state index contributed by atoms with van der Waals surface area (Å²) in [6, 6.07) is 5.27. The summed E-state index contributed by atoms with van der Waals surface area (Å²) in [5.74, 6) is -0.303. The van der Waals surface area contributed by atoms with Crippen molar-refractivity contribution >= 4 is 23.1 Å². The van der Waals surface area contributed by atoms with Gasteiger partial charge in [-0.25, -0.2) is 9.78 Å². The number of carbonyl (C=O) groups is 1. The molecule has 0 fully saturated rings. The number of aromatic carboxylic acids is 1. The summed E-state index contributed by atoms with van der Waals surface area (Å²) in [6.07, 6.45) is 1.74. The second-order valence-electron chi connectivity index (χ2n) is 2.77. The van der Waals surface area contributed by atoms with Gasteiger partial charge >= 0.3 is 5.97 Å².